The second kappa shape index (κ2) is 6.96. The second-order valence-electron chi connectivity index (χ2n) is 7.08. The molecule has 0 fully saturated rings. The van der Waals surface area contributed by atoms with Crippen LogP contribution in [-0.4, -0.2) is 21.0 Å². The second-order valence-corrected chi connectivity index (χ2v) is 8.65. The van der Waals surface area contributed by atoms with Gasteiger partial charge < -0.3 is 10.3 Å². The van der Waals surface area contributed by atoms with E-state index in [9.17, 15) is 14.0 Å². The molecule has 2 N–H and O–H groups in total. The smallest absolute Gasteiger partial charge is 0.257 e. The number of benzene rings is 1. The van der Waals surface area contributed by atoms with Crippen molar-refractivity contribution >= 4 is 23.4 Å². The third-order valence-corrected chi connectivity index (χ3v) is 5.65. The topological polar surface area (TPSA) is 74.8 Å². The monoisotopic (exact) mass is 385 g/mol. The minimum absolute atomic E-state index is 0.00342. The highest BCUT2D eigenvalue weighted by Gasteiger charge is 2.37. The number of nitrogens with one attached hydrogen (secondary N) is 2. The van der Waals surface area contributed by atoms with Crippen molar-refractivity contribution < 1.29 is 9.18 Å². The SMILES string of the molecule is CC(C)Sc1nc2c(c(=O)[nH]1)[C@@H](c1cccc(F)c1)C1=C(CCCC1=O)N2. The van der Waals surface area contributed by atoms with E-state index in [2.05, 4.69) is 15.3 Å². The van der Waals surface area contributed by atoms with E-state index in [0.29, 0.717) is 40.5 Å². The molecule has 27 heavy (non-hydrogen) atoms. The molecule has 1 atom stereocenters. The maximum absolute atomic E-state index is 13.9. The number of nitrogens with zero attached hydrogens (tertiary/aromatic N) is 1. The fourth-order valence-electron chi connectivity index (χ4n) is 3.74. The van der Waals surface area contributed by atoms with E-state index in [1.165, 1.54) is 23.9 Å². The number of hydrogen-bond acceptors (Lipinski definition) is 5. The van der Waals surface area contributed by atoms with Crippen LogP contribution >= 0.6 is 11.8 Å². The average molecular weight is 385 g/mol. The molecule has 0 saturated heterocycles. The number of Topliss-reactive ketones (excluding diaryl/α,β-unsaturated/α-hetero) is 1. The predicted octanol–water partition coefficient (Wildman–Crippen LogP) is 3.97. The average Bonchev–Trinajstić information content (AvgIpc) is 2.59. The number of allylic oxidation sites excluding steroid dienone is 2. The number of carbonyl (C=O) groups is 1. The third-order valence-electron chi connectivity index (χ3n) is 4.77. The van der Waals surface area contributed by atoms with Gasteiger partial charge in [0.25, 0.3) is 5.56 Å². The Morgan fingerprint density at radius 1 is 1.26 bits per heavy atom. The molecule has 1 aliphatic heterocycles. The maximum Gasteiger partial charge on any atom is 0.257 e. The van der Waals surface area contributed by atoms with Gasteiger partial charge in [0.15, 0.2) is 10.9 Å². The molecule has 2 heterocycles. The molecule has 0 spiro atoms. The Hall–Kier alpha value is -2.41. The predicted molar refractivity (Wildman–Crippen MR) is 104 cm³/mol. The standard InChI is InChI=1S/C20H20FN3O2S/c1-10(2)27-20-23-18-17(19(26)24-20)15(11-5-3-6-12(21)9-11)16-13(22-18)7-4-8-14(16)25/h3,5-6,9-10,15H,4,7-8H2,1-2H3,(H2,22,23,24,26)/t15-/m0/s1. The summed E-state index contributed by atoms with van der Waals surface area (Å²) in [7, 11) is 0. The van der Waals surface area contributed by atoms with Crippen molar-refractivity contribution in [2.75, 3.05) is 5.32 Å². The summed E-state index contributed by atoms with van der Waals surface area (Å²) < 4.78 is 13.9. The van der Waals surface area contributed by atoms with Crippen LogP contribution in [-0.2, 0) is 4.79 Å². The lowest BCUT2D eigenvalue weighted by atomic mass is 9.76. The zero-order valence-electron chi connectivity index (χ0n) is 15.1. The molecule has 1 aromatic carbocycles. The van der Waals surface area contributed by atoms with E-state index < -0.39 is 11.7 Å². The molecule has 5 nitrogen and oxygen atoms in total. The molecular formula is C20H20FN3O2S. The summed E-state index contributed by atoms with van der Waals surface area (Å²) in [5.41, 5.74) is 2.04. The van der Waals surface area contributed by atoms with Crippen LogP contribution in [0.25, 0.3) is 0 Å². The number of ketones is 1. The summed E-state index contributed by atoms with van der Waals surface area (Å²) in [4.78, 5) is 33.0. The molecule has 4 rings (SSSR count). The first-order valence-corrected chi connectivity index (χ1v) is 9.91. The third kappa shape index (κ3) is 3.32. The summed E-state index contributed by atoms with van der Waals surface area (Å²) in [6.45, 7) is 4.04. The molecular weight excluding hydrogens is 365 g/mol. The zero-order valence-corrected chi connectivity index (χ0v) is 16.0. The molecule has 0 saturated carbocycles. The van der Waals surface area contributed by atoms with Crippen molar-refractivity contribution in [3.8, 4) is 0 Å². The number of thioether (sulfide) groups is 1. The van der Waals surface area contributed by atoms with Gasteiger partial charge in [0, 0.05) is 28.9 Å². The Labute approximate surface area is 160 Å². The number of rotatable bonds is 3. The Morgan fingerprint density at radius 2 is 2.07 bits per heavy atom. The molecule has 1 aliphatic carbocycles. The number of aromatic amines is 1. The molecule has 0 radical (unpaired) electrons. The van der Waals surface area contributed by atoms with Gasteiger partial charge >= 0.3 is 0 Å². The fraction of sp³-hybridized carbons (Fsp3) is 0.350. The first-order valence-electron chi connectivity index (χ1n) is 9.03. The molecule has 0 unspecified atom stereocenters. The van der Waals surface area contributed by atoms with Crippen molar-refractivity contribution in [1.29, 1.82) is 0 Å². The number of hydrogen-bond donors (Lipinski definition) is 2. The number of carbonyl (C=O) groups excluding carboxylic acids is 1. The molecule has 1 aromatic heterocycles. The summed E-state index contributed by atoms with van der Waals surface area (Å²) in [6, 6.07) is 6.10. The van der Waals surface area contributed by atoms with E-state index in [1.54, 1.807) is 12.1 Å². The van der Waals surface area contributed by atoms with Crippen LogP contribution in [0.15, 0.2) is 45.5 Å². The molecule has 0 bridgehead atoms. The van der Waals surface area contributed by atoms with Gasteiger partial charge in [-0.25, -0.2) is 9.37 Å². The molecule has 0 amide bonds. The summed E-state index contributed by atoms with van der Waals surface area (Å²) in [5.74, 6) is -0.531. The van der Waals surface area contributed by atoms with Gasteiger partial charge in [0.05, 0.1) is 5.56 Å². The normalized spacial score (nSPS) is 19.0. The highest BCUT2D eigenvalue weighted by Crippen LogP contribution is 2.43. The zero-order chi connectivity index (χ0) is 19.1. The van der Waals surface area contributed by atoms with Crippen molar-refractivity contribution in [3.63, 3.8) is 0 Å². The van der Waals surface area contributed by atoms with E-state index in [-0.39, 0.29) is 16.6 Å². The van der Waals surface area contributed by atoms with Crippen LogP contribution in [0.2, 0.25) is 0 Å². The number of H-pyrrole nitrogens is 1. The minimum Gasteiger partial charge on any atom is -0.343 e. The number of aromatic nitrogens is 2. The van der Waals surface area contributed by atoms with Crippen LogP contribution in [0.1, 0.15) is 50.2 Å². The first-order chi connectivity index (χ1) is 12.9. The quantitative estimate of drug-likeness (QED) is 0.618. The van der Waals surface area contributed by atoms with E-state index >= 15 is 0 Å². The van der Waals surface area contributed by atoms with Crippen LogP contribution in [0.3, 0.4) is 0 Å². The largest absolute Gasteiger partial charge is 0.343 e. The van der Waals surface area contributed by atoms with E-state index in [1.807, 2.05) is 13.8 Å². The molecule has 140 valence electrons. The summed E-state index contributed by atoms with van der Waals surface area (Å²) >= 11 is 1.47. The fourth-order valence-corrected chi connectivity index (χ4v) is 4.48. The number of fused-ring (bicyclic) bond motifs is 1. The van der Waals surface area contributed by atoms with Crippen LogP contribution in [0.5, 0.6) is 0 Å². The van der Waals surface area contributed by atoms with Gasteiger partial charge in [-0.3, -0.25) is 9.59 Å². The van der Waals surface area contributed by atoms with E-state index in [0.717, 1.165) is 12.1 Å². The Kier molecular flexibility index (Phi) is 4.63. The first kappa shape index (κ1) is 18.0. The number of halogens is 1. The molecule has 2 aromatic rings. The maximum atomic E-state index is 13.9. The lowest BCUT2D eigenvalue weighted by Crippen LogP contribution is -2.32. The van der Waals surface area contributed by atoms with Crippen LogP contribution < -0.4 is 10.9 Å². The highest BCUT2D eigenvalue weighted by atomic mass is 32.2. The van der Waals surface area contributed by atoms with Gasteiger partial charge in [0.2, 0.25) is 0 Å². The van der Waals surface area contributed by atoms with E-state index in [4.69, 9.17) is 0 Å². The lowest BCUT2D eigenvalue weighted by molar-refractivity contribution is -0.116. The molecule has 7 heteroatoms. The minimum atomic E-state index is -0.603. The van der Waals surface area contributed by atoms with Gasteiger partial charge in [-0.2, -0.15) is 0 Å². The van der Waals surface area contributed by atoms with Gasteiger partial charge in [-0.15, -0.1) is 0 Å². The Morgan fingerprint density at radius 3 is 2.81 bits per heavy atom. The van der Waals surface area contributed by atoms with Gasteiger partial charge in [0.1, 0.15) is 11.6 Å². The van der Waals surface area contributed by atoms with Crippen LogP contribution in [0, 0.1) is 5.82 Å². The summed E-state index contributed by atoms with van der Waals surface area (Å²) in [6.07, 6.45) is 1.91. The van der Waals surface area contributed by atoms with Gasteiger partial charge in [-0.1, -0.05) is 37.7 Å². The molecule has 2 aliphatic rings. The lowest BCUT2D eigenvalue weighted by Gasteiger charge is -2.32. The highest BCUT2D eigenvalue weighted by molar-refractivity contribution is 7.99. The number of anilines is 1. The van der Waals surface area contributed by atoms with Crippen molar-refractivity contribution in [2.24, 2.45) is 0 Å². The van der Waals surface area contributed by atoms with Crippen molar-refractivity contribution in [1.82, 2.24) is 9.97 Å². The Bertz CT molecular complexity index is 1010. The summed E-state index contributed by atoms with van der Waals surface area (Å²) in [5, 5.41) is 4.02. The van der Waals surface area contributed by atoms with Crippen LogP contribution in [0.4, 0.5) is 10.2 Å². The van der Waals surface area contributed by atoms with Crippen molar-refractivity contribution in [3.05, 3.63) is 62.8 Å². The van der Waals surface area contributed by atoms with Gasteiger partial charge in [-0.05, 0) is 30.5 Å². The Balaban J connectivity index is 1.93. The van der Waals surface area contributed by atoms with Crippen molar-refractivity contribution in [2.45, 2.75) is 49.4 Å².